The van der Waals surface area contributed by atoms with Gasteiger partial charge in [0.15, 0.2) is 17.5 Å². The fraction of sp³-hybridized carbons (Fsp3) is 0. The number of hydrogen-bond donors (Lipinski definition) is 0. The molecule has 0 bridgehead atoms. The molecule has 5 aromatic carbocycles. The van der Waals surface area contributed by atoms with E-state index in [0.717, 1.165) is 49.8 Å². The summed E-state index contributed by atoms with van der Waals surface area (Å²) in [4.78, 5) is 14.5. The molecule has 182 valence electrons. The molecular formula is C34H20N4O. The highest BCUT2D eigenvalue weighted by atomic mass is 16.3. The van der Waals surface area contributed by atoms with Crippen LogP contribution in [0.15, 0.2) is 126 Å². The molecule has 5 nitrogen and oxygen atoms in total. The van der Waals surface area contributed by atoms with Crippen molar-refractivity contribution in [1.82, 2.24) is 15.0 Å². The highest BCUT2D eigenvalue weighted by Gasteiger charge is 2.15. The average molecular weight is 501 g/mol. The second kappa shape index (κ2) is 9.37. The van der Waals surface area contributed by atoms with Crippen LogP contribution >= 0.6 is 0 Å². The smallest absolute Gasteiger partial charge is 0.164 e. The molecule has 0 atom stereocenters. The summed E-state index contributed by atoms with van der Waals surface area (Å²) in [6.07, 6.45) is 0. The maximum atomic E-state index is 9.33. The van der Waals surface area contributed by atoms with Gasteiger partial charge in [-0.1, -0.05) is 78.9 Å². The molecule has 0 spiro atoms. The number of hydrogen-bond acceptors (Lipinski definition) is 5. The van der Waals surface area contributed by atoms with E-state index in [1.807, 2.05) is 109 Å². The van der Waals surface area contributed by atoms with E-state index in [1.54, 1.807) is 0 Å². The molecule has 0 saturated heterocycles. The first-order chi connectivity index (χ1) is 19.2. The minimum Gasteiger partial charge on any atom is -0.456 e. The molecule has 2 heterocycles. The molecule has 7 aromatic rings. The van der Waals surface area contributed by atoms with Crippen molar-refractivity contribution < 1.29 is 4.42 Å². The third kappa shape index (κ3) is 4.20. The minimum absolute atomic E-state index is 0.594. The van der Waals surface area contributed by atoms with Crippen molar-refractivity contribution in [3.05, 3.63) is 127 Å². The number of nitrogens with zero attached hydrogens (tertiary/aromatic N) is 4. The van der Waals surface area contributed by atoms with E-state index in [2.05, 4.69) is 18.2 Å². The van der Waals surface area contributed by atoms with E-state index in [0.29, 0.717) is 23.0 Å². The molecule has 0 N–H and O–H groups in total. The van der Waals surface area contributed by atoms with Gasteiger partial charge in [0.05, 0.1) is 11.6 Å². The number of aromatic nitrogens is 3. The zero-order chi connectivity index (χ0) is 26.2. The molecule has 0 saturated carbocycles. The van der Waals surface area contributed by atoms with Crippen LogP contribution in [0.2, 0.25) is 0 Å². The van der Waals surface area contributed by atoms with Gasteiger partial charge in [0.25, 0.3) is 0 Å². The fourth-order valence-corrected chi connectivity index (χ4v) is 4.80. The van der Waals surface area contributed by atoms with Crippen molar-refractivity contribution in [1.29, 1.82) is 5.26 Å². The summed E-state index contributed by atoms with van der Waals surface area (Å²) in [5.41, 5.74) is 6.95. The van der Waals surface area contributed by atoms with Gasteiger partial charge >= 0.3 is 0 Å². The monoisotopic (exact) mass is 500 g/mol. The summed E-state index contributed by atoms with van der Waals surface area (Å²) in [6, 6.07) is 41.9. The largest absolute Gasteiger partial charge is 0.456 e. The maximum Gasteiger partial charge on any atom is 0.164 e. The van der Waals surface area contributed by atoms with Gasteiger partial charge in [0, 0.05) is 27.5 Å². The standard InChI is InChI=1S/C34H20N4O/c35-21-22-8-7-13-25(18-22)26-14-16-30-28(19-26)29-20-27(15-17-31(29)39-30)34-37-32(23-9-3-1-4-10-23)36-33(38-34)24-11-5-2-6-12-24/h1-20H. The summed E-state index contributed by atoms with van der Waals surface area (Å²) in [5, 5.41) is 11.3. The number of benzene rings is 5. The van der Waals surface area contributed by atoms with E-state index in [9.17, 15) is 5.26 Å². The van der Waals surface area contributed by atoms with Crippen molar-refractivity contribution in [3.63, 3.8) is 0 Å². The summed E-state index contributed by atoms with van der Waals surface area (Å²) in [5.74, 6) is 1.84. The highest BCUT2D eigenvalue weighted by Crippen LogP contribution is 2.35. The van der Waals surface area contributed by atoms with E-state index < -0.39 is 0 Å². The second-order valence-corrected chi connectivity index (χ2v) is 9.25. The van der Waals surface area contributed by atoms with Gasteiger partial charge in [-0.2, -0.15) is 5.26 Å². The Kier molecular flexibility index (Phi) is 5.42. The normalized spacial score (nSPS) is 11.1. The topological polar surface area (TPSA) is 75.6 Å². The van der Waals surface area contributed by atoms with Crippen LogP contribution in [0.4, 0.5) is 0 Å². The Balaban J connectivity index is 1.40. The molecule has 2 aromatic heterocycles. The Bertz CT molecular complexity index is 1960. The molecular weight excluding hydrogens is 480 g/mol. The quantitative estimate of drug-likeness (QED) is 0.243. The Morgan fingerprint density at radius 2 is 0.949 bits per heavy atom. The molecule has 0 radical (unpaired) electrons. The van der Waals surface area contributed by atoms with Gasteiger partial charge in [-0.3, -0.25) is 0 Å². The Morgan fingerprint density at radius 3 is 1.54 bits per heavy atom. The first kappa shape index (κ1) is 22.6. The van der Waals surface area contributed by atoms with Crippen LogP contribution in [0.1, 0.15) is 5.56 Å². The molecule has 0 unspecified atom stereocenters. The van der Waals surface area contributed by atoms with Crippen LogP contribution in [-0.4, -0.2) is 15.0 Å². The first-order valence-corrected chi connectivity index (χ1v) is 12.6. The van der Waals surface area contributed by atoms with Crippen LogP contribution in [0.25, 0.3) is 67.2 Å². The highest BCUT2D eigenvalue weighted by molar-refractivity contribution is 6.07. The summed E-state index contributed by atoms with van der Waals surface area (Å²) in [6.45, 7) is 0. The SMILES string of the molecule is N#Cc1cccc(-c2ccc3oc4ccc(-c5nc(-c6ccccc6)nc(-c6ccccc6)n5)cc4c3c2)c1. The van der Waals surface area contributed by atoms with E-state index >= 15 is 0 Å². The number of fused-ring (bicyclic) bond motifs is 3. The molecule has 5 heteroatoms. The Labute approximate surface area is 224 Å². The maximum absolute atomic E-state index is 9.33. The molecule has 7 rings (SSSR count). The van der Waals surface area contributed by atoms with Crippen molar-refractivity contribution in [3.8, 4) is 51.4 Å². The van der Waals surface area contributed by atoms with Gasteiger partial charge < -0.3 is 4.42 Å². The predicted octanol–water partition coefficient (Wildman–Crippen LogP) is 8.31. The lowest BCUT2D eigenvalue weighted by Gasteiger charge is -2.08. The van der Waals surface area contributed by atoms with Crippen LogP contribution in [0.5, 0.6) is 0 Å². The van der Waals surface area contributed by atoms with Crippen molar-refractivity contribution in [2.75, 3.05) is 0 Å². The van der Waals surface area contributed by atoms with Gasteiger partial charge in [0.2, 0.25) is 0 Å². The van der Waals surface area contributed by atoms with Crippen molar-refractivity contribution in [2.24, 2.45) is 0 Å². The predicted molar refractivity (Wildman–Crippen MR) is 154 cm³/mol. The van der Waals surface area contributed by atoms with E-state index in [4.69, 9.17) is 19.4 Å². The van der Waals surface area contributed by atoms with Gasteiger partial charge in [-0.25, -0.2) is 15.0 Å². The van der Waals surface area contributed by atoms with E-state index in [-0.39, 0.29) is 0 Å². The molecule has 39 heavy (non-hydrogen) atoms. The lowest BCUT2D eigenvalue weighted by atomic mass is 10.0. The lowest BCUT2D eigenvalue weighted by molar-refractivity contribution is 0.669. The number of rotatable bonds is 4. The van der Waals surface area contributed by atoms with Crippen LogP contribution < -0.4 is 0 Å². The molecule has 0 aliphatic carbocycles. The van der Waals surface area contributed by atoms with Crippen LogP contribution in [-0.2, 0) is 0 Å². The first-order valence-electron chi connectivity index (χ1n) is 12.6. The number of furan rings is 1. The molecule has 0 aliphatic heterocycles. The van der Waals surface area contributed by atoms with Gasteiger partial charge in [0.1, 0.15) is 11.2 Å². The van der Waals surface area contributed by atoms with Crippen molar-refractivity contribution in [2.45, 2.75) is 0 Å². The van der Waals surface area contributed by atoms with Crippen molar-refractivity contribution >= 4 is 21.9 Å². The second-order valence-electron chi connectivity index (χ2n) is 9.25. The zero-order valence-corrected chi connectivity index (χ0v) is 20.7. The van der Waals surface area contributed by atoms with Crippen LogP contribution in [0, 0.1) is 11.3 Å². The van der Waals surface area contributed by atoms with E-state index in [1.165, 1.54) is 0 Å². The third-order valence-corrected chi connectivity index (χ3v) is 6.75. The summed E-state index contributed by atoms with van der Waals surface area (Å²) in [7, 11) is 0. The Hall–Kier alpha value is -5.60. The zero-order valence-electron chi connectivity index (χ0n) is 20.7. The molecule has 0 amide bonds. The van der Waals surface area contributed by atoms with Crippen LogP contribution in [0.3, 0.4) is 0 Å². The molecule has 0 aliphatic rings. The Morgan fingerprint density at radius 1 is 0.462 bits per heavy atom. The summed E-state index contributed by atoms with van der Waals surface area (Å²) >= 11 is 0. The third-order valence-electron chi connectivity index (χ3n) is 6.75. The average Bonchev–Trinajstić information content (AvgIpc) is 3.39. The molecule has 0 fully saturated rings. The summed E-state index contributed by atoms with van der Waals surface area (Å²) < 4.78 is 6.16. The fourth-order valence-electron chi connectivity index (χ4n) is 4.80. The van der Waals surface area contributed by atoms with Gasteiger partial charge in [-0.15, -0.1) is 0 Å². The minimum atomic E-state index is 0.594. The number of nitriles is 1. The lowest BCUT2D eigenvalue weighted by Crippen LogP contribution is -2.00. The van der Waals surface area contributed by atoms with Gasteiger partial charge in [-0.05, 0) is 53.6 Å².